The molecule has 2 heteroatoms. The van der Waals surface area contributed by atoms with Crippen LogP contribution in [0.4, 0.5) is 0 Å². The summed E-state index contributed by atoms with van der Waals surface area (Å²) in [7, 11) is 0. The largest absolute Gasteiger partial charge is 0.396 e. The molecule has 0 saturated heterocycles. The summed E-state index contributed by atoms with van der Waals surface area (Å²) < 4.78 is 0. The van der Waals surface area contributed by atoms with Gasteiger partial charge in [-0.2, -0.15) is 0 Å². The maximum atomic E-state index is 9.43. The fourth-order valence-electron chi connectivity index (χ4n) is 5.12. The van der Waals surface area contributed by atoms with Crippen LogP contribution in [-0.4, -0.2) is 23.4 Å². The van der Waals surface area contributed by atoms with Crippen LogP contribution >= 0.6 is 0 Å². The Morgan fingerprint density at radius 2 is 1.27 bits per heavy atom. The highest BCUT2D eigenvalue weighted by atomic mass is 16.3. The van der Waals surface area contributed by atoms with Crippen molar-refractivity contribution in [3.63, 3.8) is 0 Å². The van der Waals surface area contributed by atoms with Crippen LogP contribution in [0, 0.1) is 29.1 Å². The fraction of sp³-hybridized carbons (Fsp3) is 1.00. The van der Waals surface area contributed by atoms with Gasteiger partial charge in [-0.15, -0.1) is 0 Å². The van der Waals surface area contributed by atoms with E-state index in [0.29, 0.717) is 5.41 Å². The quantitative estimate of drug-likeness (QED) is 0.745. The standard InChI is InChI=1S/C13H22O2/c14-7-12(8-15)13-4-9-1-10(5-13)3-11(2-9)6-13/h9-12,14-15H,1-8H2. The predicted octanol–water partition coefficient (Wildman–Crippen LogP) is 1.80. The van der Waals surface area contributed by atoms with E-state index in [0.717, 1.165) is 17.8 Å². The van der Waals surface area contributed by atoms with Crippen molar-refractivity contribution in [2.75, 3.05) is 13.2 Å². The Labute approximate surface area is 91.7 Å². The second-order valence-electron chi connectivity index (χ2n) is 6.34. The average Bonchev–Trinajstić information content (AvgIpc) is 2.16. The van der Waals surface area contributed by atoms with E-state index in [2.05, 4.69) is 0 Å². The molecule has 2 nitrogen and oxygen atoms in total. The molecular formula is C13H22O2. The molecule has 2 N–H and O–H groups in total. The van der Waals surface area contributed by atoms with Crippen LogP contribution in [0.15, 0.2) is 0 Å². The minimum atomic E-state index is 0.158. The second-order valence-corrected chi connectivity index (χ2v) is 6.34. The van der Waals surface area contributed by atoms with Gasteiger partial charge >= 0.3 is 0 Å². The molecule has 4 saturated carbocycles. The van der Waals surface area contributed by atoms with Crippen LogP contribution in [0.5, 0.6) is 0 Å². The maximum Gasteiger partial charge on any atom is 0.0486 e. The SMILES string of the molecule is OCC(CO)C12CC3CC(CC(C3)C1)C2. The average molecular weight is 210 g/mol. The highest BCUT2D eigenvalue weighted by Gasteiger charge is 2.53. The second kappa shape index (κ2) is 3.46. The van der Waals surface area contributed by atoms with Crippen molar-refractivity contribution >= 4 is 0 Å². The zero-order valence-electron chi connectivity index (χ0n) is 9.36. The van der Waals surface area contributed by atoms with Gasteiger partial charge in [-0.05, 0) is 61.7 Å². The Bertz CT molecular complexity index is 210. The maximum absolute atomic E-state index is 9.43. The van der Waals surface area contributed by atoms with Gasteiger partial charge in [-0.3, -0.25) is 0 Å². The highest BCUT2D eigenvalue weighted by Crippen LogP contribution is 2.62. The van der Waals surface area contributed by atoms with Gasteiger partial charge in [0.2, 0.25) is 0 Å². The molecule has 0 amide bonds. The Hall–Kier alpha value is -0.0800. The van der Waals surface area contributed by atoms with Crippen molar-refractivity contribution in [2.45, 2.75) is 38.5 Å². The van der Waals surface area contributed by atoms with Crippen molar-refractivity contribution in [3.8, 4) is 0 Å². The molecule has 4 rings (SSSR count). The molecule has 86 valence electrons. The van der Waals surface area contributed by atoms with Crippen molar-refractivity contribution in [3.05, 3.63) is 0 Å². The molecule has 15 heavy (non-hydrogen) atoms. The van der Waals surface area contributed by atoms with Gasteiger partial charge in [0.05, 0.1) is 0 Å². The van der Waals surface area contributed by atoms with Crippen molar-refractivity contribution in [1.82, 2.24) is 0 Å². The Balaban J connectivity index is 1.86. The number of hydrogen-bond acceptors (Lipinski definition) is 2. The van der Waals surface area contributed by atoms with Crippen molar-refractivity contribution < 1.29 is 10.2 Å². The van der Waals surface area contributed by atoms with Crippen LogP contribution in [0.1, 0.15) is 38.5 Å². The first-order chi connectivity index (χ1) is 7.25. The summed E-state index contributed by atoms with van der Waals surface area (Å²) in [6.45, 7) is 0.366. The van der Waals surface area contributed by atoms with Gasteiger partial charge in [-0.25, -0.2) is 0 Å². The van der Waals surface area contributed by atoms with E-state index in [1.54, 1.807) is 0 Å². The van der Waals surface area contributed by atoms with E-state index in [-0.39, 0.29) is 19.1 Å². The number of aliphatic hydroxyl groups excluding tert-OH is 2. The molecule has 0 spiro atoms. The van der Waals surface area contributed by atoms with Gasteiger partial charge in [0.25, 0.3) is 0 Å². The van der Waals surface area contributed by atoms with Crippen LogP contribution in [0.3, 0.4) is 0 Å². The van der Waals surface area contributed by atoms with E-state index >= 15 is 0 Å². The van der Waals surface area contributed by atoms with Crippen LogP contribution < -0.4 is 0 Å². The molecular weight excluding hydrogens is 188 g/mol. The number of hydrogen-bond donors (Lipinski definition) is 2. The molecule has 4 fully saturated rings. The van der Waals surface area contributed by atoms with E-state index in [1.807, 2.05) is 0 Å². The van der Waals surface area contributed by atoms with Crippen LogP contribution in [-0.2, 0) is 0 Å². The van der Waals surface area contributed by atoms with Crippen molar-refractivity contribution in [2.24, 2.45) is 29.1 Å². The smallest absolute Gasteiger partial charge is 0.0486 e. The normalized spacial score (nSPS) is 47.8. The molecule has 0 radical (unpaired) electrons. The lowest BCUT2D eigenvalue weighted by Crippen LogP contribution is -2.51. The Morgan fingerprint density at radius 1 is 0.867 bits per heavy atom. The summed E-state index contributed by atoms with van der Waals surface area (Å²) in [5, 5.41) is 18.9. The topological polar surface area (TPSA) is 40.5 Å². The molecule has 0 aromatic heterocycles. The van der Waals surface area contributed by atoms with Gasteiger partial charge in [-0.1, -0.05) is 0 Å². The molecule has 4 aliphatic rings. The summed E-state index contributed by atoms with van der Waals surface area (Å²) in [6.07, 6.45) is 8.15. The van der Waals surface area contributed by atoms with Gasteiger partial charge in [0, 0.05) is 19.1 Å². The third kappa shape index (κ3) is 1.45. The zero-order valence-corrected chi connectivity index (χ0v) is 9.36. The first kappa shape index (κ1) is 10.1. The zero-order chi connectivity index (χ0) is 10.5. The highest BCUT2D eigenvalue weighted by molar-refractivity contribution is 5.03. The van der Waals surface area contributed by atoms with E-state index in [4.69, 9.17) is 0 Å². The molecule has 0 aromatic carbocycles. The van der Waals surface area contributed by atoms with E-state index < -0.39 is 0 Å². The lowest BCUT2D eigenvalue weighted by molar-refractivity contribution is -0.109. The summed E-state index contributed by atoms with van der Waals surface area (Å²) in [4.78, 5) is 0. The Morgan fingerprint density at radius 3 is 1.60 bits per heavy atom. The number of aliphatic hydroxyl groups is 2. The Kier molecular flexibility index (Phi) is 2.33. The summed E-state index contributed by atoms with van der Waals surface area (Å²) in [5.41, 5.74) is 0.318. The lowest BCUT2D eigenvalue weighted by Gasteiger charge is -2.59. The third-order valence-electron chi connectivity index (χ3n) is 5.39. The van der Waals surface area contributed by atoms with Gasteiger partial charge in [0.15, 0.2) is 0 Å². The first-order valence-electron chi connectivity index (χ1n) is 6.47. The molecule has 0 aliphatic heterocycles. The molecule has 0 atom stereocenters. The molecule has 4 bridgehead atoms. The third-order valence-corrected chi connectivity index (χ3v) is 5.39. The van der Waals surface area contributed by atoms with Gasteiger partial charge < -0.3 is 10.2 Å². The molecule has 0 aromatic rings. The van der Waals surface area contributed by atoms with E-state index in [9.17, 15) is 10.2 Å². The fourth-order valence-corrected chi connectivity index (χ4v) is 5.12. The predicted molar refractivity (Wildman–Crippen MR) is 58.3 cm³/mol. The summed E-state index contributed by atoms with van der Waals surface area (Å²) in [5.74, 6) is 2.90. The summed E-state index contributed by atoms with van der Waals surface area (Å²) >= 11 is 0. The van der Waals surface area contributed by atoms with E-state index in [1.165, 1.54) is 38.5 Å². The number of rotatable bonds is 3. The molecule has 0 unspecified atom stereocenters. The monoisotopic (exact) mass is 210 g/mol. The van der Waals surface area contributed by atoms with Crippen LogP contribution in [0.25, 0.3) is 0 Å². The van der Waals surface area contributed by atoms with Crippen molar-refractivity contribution in [1.29, 1.82) is 0 Å². The van der Waals surface area contributed by atoms with Gasteiger partial charge in [0.1, 0.15) is 0 Å². The summed E-state index contributed by atoms with van der Waals surface area (Å²) in [6, 6.07) is 0. The van der Waals surface area contributed by atoms with Crippen LogP contribution in [0.2, 0.25) is 0 Å². The first-order valence-corrected chi connectivity index (χ1v) is 6.47. The minimum absolute atomic E-state index is 0.158. The minimum Gasteiger partial charge on any atom is -0.396 e. The molecule has 4 aliphatic carbocycles. The lowest BCUT2D eigenvalue weighted by atomic mass is 9.46. The molecule has 0 heterocycles.